The normalized spacial score (nSPS) is 19.8. The third kappa shape index (κ3) is 2.37. The Bertz CT molecular complexity index is 983. The van der Waals surface area contributed by atoms with Crippen LogP contribution in [0.1, 0.15) is 49.7 Å². The van der Waals surface area contributed by atoms with Gasteiger partial charge in [0.25, 0.3) is 0 Å². The maximum absolute atomic E-state index is 12.0. The molecule has 2 atom stereocenters. The SMILES string of the molecule is C=CC(=O)Oc1c2c(c(OC(C)=O)c3ccccc13)C1C=C(CC)C2C1. The highest BCUT2D eigenvalue weighted by molar-refractivity contribution is 6.00. The van der Waals surface area contributed by atoms with E-state index in [1.807, 2.05) is 24.3 Å². The number of benzene rings is 2. The van der Waals surface area contributed by atoms with E-state index in [0.717, 1.165) is 34.7 Å². The number of ether oxygens (including phenoxy) is 2. The van der Waals surface area contributed by atoms with Gasteiger partial charge in [0, 0.05) is 46.7 Å². The number of carbonyl (C=O) groups excluding carboxylic acids is 2. The second-order valence-corrected chi connectivity index (χ2v) is 6.74. The van der Waals surface area contributed by atoms with Crippen molar-refractivity contribution in [2.24, 2.45) is 0 Å². The van der Waals surface area contributed by atoms with E-state index in [9.17, 15) is 9.59 Å². The van der Waals surface area contributed by atoms with Gasteiger partial charge in [-0.1, -0.05) is 49.4 Å². The van der Waals surface area contributed by atoms with Crippen LogP contribution in [-0.4, -0.2) is 11.9 Å². The number of allylic oxidation sites excluding steroid dienone is 2. The molecule has 2 aliphatic carbocycles. The van der Waals surface area contributed by atoms with Gasteiger partial charge in [0.1, 0.15) is 11.5 Å². The topological polar surface area (TPSA) is 52.6 Å². The number of hydrogen-bond donors (Lipinski definition) is 0. The first-order valence-electron chi connectivity index (χ1n) is 8.86. The van der Waals surface area contributed by atoms with Gasteiger partial charge in [-0.3, -0.25) is 4.79 Å². The van der Waals surface area contributed by atoms with Crippen LogP contribution in [-0.2, 0) is 9.59 Å². The van der Waals surface area contributed by atoms with Crippen LogP contribution in [0.15, 0.2) is 48.6 Å². The number of hydrogen-bond acceptors (Lipinski definition) is 4. The maximum Gasteiger partial charge on any atom is 0.335 e. The highest BCUT2D eigenvalue weighted by Gasteiger charge is 2.43. The molecule has 0 aromatic heterocycles. The molecule has 2 unspecified atom stereocenters. The monoisotopic (exact) mass is 348 g/mol. The lowest BCUT2D eigenvalue weighted by Gasteiger charge is -2.24. The molecule has 0 N–H and O–H groups in total. The largest absolute Gasteiger partial charge is 0.426 e. The van der Waals surface area contributed by atoms with E-state index in [0.29, 0.717) is 11.5 Å². The molecule has 26 heavy (non-hydrogen) atoms. The van der Waals surface area contributed by atoms with Crippen molar-refractivity contribution < 1.29 is 19.1 Å². The van der Waals surface area contributed by atoms with Crippen molar-refractivity contribution in [2.45, 2.75) is 38.5 Å². The summed E-state index contributed by atoms with van der Waals surface area (Å²) in [6.07, 6.45) is 5.33. The predicted molar refractivity (Wildman–Crippen MR) is 99.6 cm³/mol. The van der Waals surface area contributed by atoms with Gasteiger partial charge in [0.2, 0.25) is 0 Å². The van der Waals surface area contributed by atoms with Gasteiger partial charge in [0.15, 0.2) is 0 Å². The Balaban J connectivity index is 2.05. The van der Waals surface area contributed by atoms with Crippen molar-refractivity contribution in [3.05, 3.63) is 59.7 Å². The zero-order chi connectivity index (χ0) is 18.4. The van der Waals surface area contributed by atoms with Crippen molar-refractivity contribution in [1.29, 1.82) is 0 Å². The van der Waals surface area contributed by atoms with Crippen LogP contribution in [0.5, 0.6) is 11.5 Å². The minimum absolute atomic E-state index is 0.185. The summed E-state index contributed by atoms with van der Waals surface area (Å²) in [6.45, 7) is 7.06. The summed E-state index contributed by atoms with van der Waals surface area (Å²) in [5.41, 5.74) is 3.31. The van der Waals surface area contributed by atoms with Gasteiger partial charge >= 0.3 is 11.9 Å². The molecular weight excluding hydrogens is 328 g/mol. The Hall–Kier alpha value is -2.88. The fourth-order valence-electron chi connectivity index (χ4n) is 4.35. The minimum atomic E-state index is -0.484. The molecule has 0 radical (unpaired) electrons. The van der Waals surface area contributed by atoms with E-state index in [4.69, 9.17) is 9.47 Å². The Morgan fingerprint density at radius 2 is 1.81 bits per heavy atom. The summed E-state index contributed by atoms with van der Waals surface area (Å²) in [6, 6.07) is 7.58. The third-order valence-electron chi connectivity index (χ3n) is 5.29. The molecule has 4 heteroatoms. The Kier molecular flexibility index (Phi) is 3.91. The highest BCUT2D eigenvalue weighted by Crippen LogP contribution is 2.61. The summed E-state index contributed by atoms with van der Waals surface area (Å²) >= 11 is 0. The highest BCUT2D eigenvalue weighted by atomic mass is 16.5. The van der Waals surface area contributed by atoms with Gasteiger partial charge in [-0.05, 0) is 12.8 Å². The molecule has 132 valence electrons. The summed E-state index contributed by atoms with van der Waals surface area (Å²) in [7, 11) is 0. The van der Waals surface area contributed by atoms with Crippen LogP contribution < -0.4 is 9.47 Å². The Morgan fingerprint density at radius 3 is 2.38 bits per heavy atom. The molecule has 2 aliphatic rings. The van der Waals surface area contributed by atoms with Crippen LogP contribution in [0.3, 0.4) is 0 Å². The van der Waals surface area contributed by atoms with E-state index >= 15 is 0 Å². The molecule has 0 fully saturated rings. The van der Waals surface area contributed by atoms with Crippen molar-refractivity contribution in [3.8, 4) is 11.5 Å². The minimum Gasteiger partial charge on any atom is -0.426 e. The second kappa shape index (κ2) is 6.13. The van der Waals surface area contributed by atoms with Gasteiger partial charge in [-0.25, -0.2) is 4.79 Å². The second-order valence-electron chi connectivity index (χ2n) is 6.74. The standard InChI is InChI=1S/C22H20O4/c1-4-13-10-14-11-17(13)20-19(14)21(25-12(3)23)15-8-6-7-9-16(15)22(20)26-18(24)5-2/h5-10,14,17H,2,4,11H2,1,3H3. The fourth-order valence-corrected chi connectivity index (χ4v) is 4.35. The van der Waals surface area contributed by atoms with Gasteiger partial charge in [-0.15, -0.1) is 0 Å². The Morgan fingerprint density at radius 1 is 1.15 bits per heavy atom. The van der Waals surface area contributed by atoms with Gasteiger partial charge in [0.05, 0.1) is 0 Å². The van der Waals surface area contributed by atoms with Crippen molar-refractivity contribution >= 4 is 22.7 Å². The number of carbonyl (C=O) groups is 2. The van der Waals surface area contributed by atoms with Crippen molar-refractivity contribution in [1.82, 2.24) is 0 Å². The first-order chi connectivity index (χ1) is 12.5. The molecule has 2 aromatic rings. The number of rotatable bonds is 4. The Labute approximate surface area is 152 Å². The first kappa shape index (κ1) is 16.6. The number of esters is 2. The zero-order valence-electron chi connectivity index (χ0n) is 14.9. The van der Waals surface area contributed by atoms with E-state index in [-0.39, 0.29) is 17.8 Å². The number of fused-ring (bicyclic) bond motifs is 6. The van der Waals surface area contributed by atoms with Crippen LogP contribution >= 0.6 is 0 Å². The molecule has 0 saturated heterocycles. The summed E-state index contributed by atoms with van der Waals surface area (Å²) in [4.78, 5) is 23.8. The molecule has 0 heterocycles. The van der Waals surface area contributed by atoms with Gasteiger partial charge < -0.3 is 9.47 Å². The molecule has 0 saturated carbocycles. The third-order valence-corrected chi connectivity index (χ3v) is 5.29. The van der Waals surface area contributed by atoms with Crippen LogP contribution in [0.4, 0.5) is 0 Å². The quantitative estimate of drug-likeness (QED) is 0.345. The fraction of sp³-hybridized carbons (Fsp3) is 0.273. The summed E-state index contributed by atoms with van der Waals surface area (Å²) < 4.78 is 11.3. The molecule has 0 aliphatic heterocycles. The van der Waals surface area contributed by atoms with E-state index in [2.05, 4.69) is 19.6 Å². The van der Waals surface area contributed by atoms with Crippen molar-refractivity contribution in [2.75, 3.05) is 0 Å². The van der Waals surface area contributed by atoms with Crippen LogP contribution in [0.25, 0.3) is 10.8 Å². The molecule has 0 spiro atoms. The molecule has 4 rings (SSSR count). The smallest absolute Gasteiger partial charge is 0.335 e. The molecule has 4 nitrogen and oxygen atoms in total. The zero-order valence-corrected chi connectivity index (χ0v) is 14.9. The average Bonchev–Trinajstić information content (AvgIpc) is 3.22. The van der Waals surface area contributed by atoms with Crippen LogP contribution in [0.2, 0.25) is 0 Å². The summed E-state index contributed by atoms with van der Waals surface area (Å²) in [5.74, 6) is 0.720. The predicted octanol–water partition coefficient (Wildman–Crippen LogP) is 4.78. The lowest BCUT2D eigenvalue weighted by atomic mass is 9.86. The van der Waals surface area contributed by atoms with Gasteiger partial charge in [-0.2, -0.15) is 0 Å². The summed E-state index contributed by atoms with van der Waals surface area (Å²) in [5, 5.41) is 1.56. The molecule has 2 aromatic carbocycles. The maximum atomic E-state index is 12.0. The molecular formula is C22H20O4. The lowest BCUT2D eigenvalue weighted by molar-refractivity contribution is -0.132. The first-order valence-corrected chi connectivity index (χ1v) is 8.86. The van der Waals surface area contributed by atoms with Crippen molar-refractivity contribution in [3.63, 3.8) is 0 Å². The van der Waals surface area contributed by atoms with E-state index < -0.39 is 5.97 Å². The van der Waals surface area contributed by atoms with Crippen LogP contribution in [0, 0.1) is 0 Å². The molecule has 2 bridgehead atoms. The van der Waals surface area contributed by atoms with E-state index in [1.54, 1.807) is 0 Å². The average molecular weight is 348 g/mol. The lowest BCUT2D eigenvalue weighted by Crippen LogP contribution is -2.12. The van der Waals surface area contributed by atoms with E-state index in [1.165, 1.54) is 18.6 Å². The molecule has 0 amide bonds.